The van der Waals surface area contributed by atoms with Crippen LogP contribution >= 0.6 is 0 Å². The molecular formula is C24H28N4O7. The lowest BCUT2D eigenvalue weighted by Crippen LogP contribution is -2.54. The van der Waals surface area contributed by atoms with Gasteiger partial charge in [-0.1, -0.05) is 24.3 Å². The van der Waals surface area contributed by atoms with Gasteiger partial charge in [-0.3, -0.25) is 19.6 Å². The summed E-state index contributed by atoms with van der Waals surface area (Å²) in [5.41, 5.74) is 3.45. The summed E-state index contributed by atoms with van der Waals surface area (Å²) in [4.78, 5) is 50.7. The highest BCUT2D eigenvalue weighted by Gasteiger charge is 2.33. The summed E-state index contributed by atoms with van der Waals surface area (Å²) in [6, 6.07) is 12.7. The van der Waals surface area contributed by atoms with Gasteiger partial charge in [0.1, 0.15) is 12.4 Å². The Morgan fingerprint density at radius 3 is 2.26 bits per heavy atom. The second-order valence-corrected chi connectivity index (χ2v) is 7.81. The summed E-state index contributed by atoms with van der Waals surface area (Å²) in [5, 5.41) is 11.2. The van der Waals surface area contributed by atoms with Crippen molar-refractivity contribution in [3.05, 3.63) is 54.1 Å². The highest BCUT2D eigenvalue weighted by molar-refractivity contribution is 6.08. The van der Waals surface area contributed by atoms with Gasteiger partial charge in [0.25, 0.3) is 17.7 Å². The lowest BCUT2D eigenvalue weighted by atomic mass is 10.0. The fourth-order valence-corrected chi connectivity index (χ4v) is 3.61. The molecule has 2 aromatic rings. The fraction of sp³-hybridized carbons (Fsp3) is 0.333. The summed E-state index contributed by atoms with van der Waals surface area (Å²) in [5.74, 6) is -1.60. The average Bonchev–Trinajstić information content (AvgIpc) is 3.30. The van der Waals surface area contributed by atoms with E-state index in [1.54, 1.807) is 29.2 Å². The molecular weight excluding hydrogens is 456 g/mol. The van der Waals surface area contributed by atoms with E-state index in [1.807, 2.05) is 24.3 Å². The van der Waals surface area contributed by atoms with E-state index in [2.05, 4.69) is 5.32 Å². The Morgan fingerprint density at radius 1 is 1.09 bits per heavy atom. The molecule has 3 N–H and O–H groups in total. The summed E-state index contributed by atoms with van der Waals surface area (Å²) >= 11 is 0. The Kier molecular flexibility index (Phi) is 8.63. The smallest absolute Gasteiger partial charge is 0.409 e. The van der Waals surface area contributed by atoms with E-state index in [1.165, 1.54) is 19.6 Å². The number of carbonyl (C=O) groups excluding carboxylic acids is 4. The first-order valence-electron chi connectivity index (χ1n) is 11.0. The summed E-state index contributed by atoms with van der Waals surface area (Å²) in [6.07, 6.45) is 0.414. The molecule has 1 unspecified atom stereocenters. The number of hydroxylamine groups is 1. The number of hydrogen-bond acceptors (Lipinski definition) is 7. The van der Waals surface area contributed by atoms with Crippen LogP contribution in [0.25, 0.3) is 11.1 Å². The Balaban J connectivity index is 1.57. The average molecular weight is 485 g/mol. The SMILES string of the molecule is CNC(=O)C(C(=O)NO)N(C)C(=O)c1ccc(-c2ccc(OCCCN3CCOC3=O)cc2)cc1. The first kappa shape index (κ1) is 25.5. The minimum atomic E-state index is -1.52. The van der Waals surface area contributed by atoms with E-state index >= 15 is 0 Å². The zero-order valence-electron chi connectivity index (χ0n) is 19.5. The molecule has 0 radical (unpaired) electrons. The van der Waals surface area contributed by atoms with E-state index in [0.717, 1.165) is 16.0 Å². The normalized spacial score (nSPS) is 13.6. The fourth-order valence-electron chi connectivity index (χ4n) is 3.61. The molecule has 35 heavy (non-hydrogen) atoms. The number of nitrogens with one attached hydrogen (secondary N) is 2. The van der Waals surface area contributed by atoms with Crippen LogP contribution in [-0.2, 0) is 14.3 Å². The van der Waals surface area contributed by atoms with Gasteiger partial charge < -0.3 is 24.6 Å². The number of amides is 4. The van der Waals surface area contributed by atoms with Crippen LogP contribution in [0.4, 0.5) is 4.79 Å². The molecule has 2 aromatic carbocycles. The van der Waals surface area contributed by atoms with E-state index in [9.17, 15) is 19.2 Å². The van der Waals surface area contributed by atoms with Crippen molar-refractivity contribution in [1.82, 2.24) is 20.6 Å². The third-order valence-corrected chi connectivity index (χ3v) is 5.57. The van der Waals surface area contributed by atoms with Crippen LogP contribution in [0.15, 0.2) is 48.5 Å². The molecule has 3 rings (SSSR count). The number of hydrogen-bond donors (Lipinski definition) is 3. The third-order valence-electron chi connectivity index (χ3n) is 5.57. The van der Waals surface area contributed by atoms with E-state index in [-0.39, 0.29) is 11.7 Å². The van der Waals surface area contributed by atoms with Gasteiger partial charge >= 0.3 is 6.09 Å². The second kappa shape index (κ2) is 11.8. The highest BCUT2D eigenvalue weighted by Crippen LogP contribution is 2.23. The largest absolute Gasteiger partial charge is 0.494 e. The number of cyclic esters (lactones) is 1. The molecule has 4 amide bonds. The summed E-state index contributed by atoms with van der Waals surface area (Å²) in [6.45, 7) is 2.11. The molecule has 11 nitrogen and oxygen atoms in total. The molecule has 1 fully saturated rings. The molecule has 0 aromatic heterocycles. The molecule has 11 heteroatoms. The van der Waals surface area contributed by atoms with Crippen LogP contribution in [-0.4, -0.2) is 85.3 Å². The van der Waals surface area contributed by atoms with E-state index in [0.29, 0.717) is 38.5 Å². The lowest BCUT2D eigenvalue weighted by Gasteiger charge is -2.25. The van der Waals surface area contributed by atoms with Gasteiger partial charge in [0.15, 0.2) is 6.04 Å². The minimum Gasteiger partial charge on any atom is -0.494 e. The van der Waals surface area contributed by atoms with Crippen LogP contribution in [0, 0.1) is 0 Å². The third kappa shape index (κ3) is 6.27. The van der Waals surface area contributed by atoms with E-state index in [4.69, 9.17) is 14.7 Å². The molecule has 0 saturated carbocycles. The van der Waals surface area contributed by atoms with Crippen LogP contribution in [0.1, 0.15) is 16.8 Å². The number of nitrogens with zero attached hydrogens (tertiary/aromatic N) is 2. The number of ether oxygens (including phenoxy) is 2. The first-order valence-corrected chi connectivity index (χ1v) is 11.0. The van der Waals surface area contributed by atoms with Crippen molar-refractivity contribution in [2.45, 2.75) is 12.5 Å². The molecule has 1 atom stereocenters. The summed E-state index contributed by atoms with van der Waals surface area (Å²) in [7, 11) is 2.64. The number of rotatable bonds is 10. The van der Waals surface area contributed by atoms with Gasteiger partial charge in [-0.05, 0) is 41.8 Å². The van der Waals surface area contributed by atoms with Crippen molar-refractivity contribution in [2.24, 2.45) is 0 Å². The zero-order valence-corrected chi connectivity index (χ0v) is 19.5. The van der Waals surface area contributed by atoms with Crippen LogP contribution in [0.5, 0.6) is 5.75 Å². The maximum absolute atomic E-state index is 12.8. The molecule has 1 aliphatic heterocycles. The molecule has 1 aliphatic rings. The number of likely N-dealkylation sites (N-methyl/N-ethyl adjacent to an activating group) is 2. The maximum atomic E-state index is 12.8. The van der Waals surface area contributed by atoms with Crippen LogP contribution in [0.3, 0.4) is 0 Å². The lowest BCUT2D eigenvalue weighted by molar-refractivity contribution is -0.140. The first-order chi connectivity index (χ1) is 16.8. The van der Waals surface area contributed by atoms with Crippen molar-refractivity contribution < 1.29 is 33.9 Å². The Hall–Kier alpha value is -4.12. The van der Waals surface area contributed by atoms with Crippen LogP contribution in [0.2, 0.25) is 0 Å². The predicted molar refractivity (Wildman–Crippen MR) is 125 cm³/mol. The monoisotopic (exact) mass is 484 g/mol. The Morgan fingerprint density at radius 2 is 1.71 bits per heavy atom. The van der Waals surface area contributed by atoms with Crippen molar-refractivity contribution in [1.29, 1.82) is 0 Å². The summed E-state index contributed by atoms with van der Waals surface area (Å²) < 4.78 is 10.6. The van der Waals surface area contributed by atoms with Gasteiger partial charge in [-0.15, -0.1) is 0 Å². The molecule has 1 saturated heterocycles. The quantitative estimate of drug-likeness (QED) is 0.200. The Bertz CT molecular complexity index is 1040. The topological polar surface area (TPSA) is 138 Å². The van der Waals surface area contributed by atoms with Gasteiger partial charge in [0.2, 0.25) is 0 Å². The van der Waals surface area contributed by atoms with Crippen molar-refractivity contribution in [3.8, 4) is 16.9 Å². The standard InChI is InChI=1S/C24H28N4O7/c1-25-21(29)20(22(30)26-33)27(2)23(31)18-6-4-16(5-7-18)17-8-10-19(11-9-17)34-14-3-12-28-13-15-35-24(28)32/h4-11,20,33H,3,12-15H2,1-2H3,(H,25,29)(H,26,30). The molecule has 186 valence electrons. The van der Waals surface area contributed by atoms with Crippen LogP contribution < -0.4 is 15.5 Å². The predicted octanol–water partition coefficient (Wildman–Crippen LogP) is 1.27. The maximum Gasteiger partial charge on any atom is 0.409 e. The zero-order chi connectivity index (χ0) is 25.4. The number of carbonyl (C=O) groups is 4. The number of benzene rings is 2. The van der Waals surface area contributed by atoms with Crippen molar-refractivity contribution >= 4 is 23.8 Å². The van der Waals surface area contributed by atoms with Gasteiger partial charge in [-0.25, -0.2) is 10.3 Å². The van der Waals surface area contributed by atoms with Crippen molar-refractivity contribution in [3.63, 3.8) is 0 Å². The Labute approximate surface area is 202 Å². The van der Waals surface area contributed by atoms with Gasteiger partial charge in [0, 0.05) is 26.2 Å². The highest BCUT2D eigenvalue weighted by atomic mass is 16.6. The van der Waals surface area contributed by atoms with Gasteiger partial charge in [-0.2, -0.15) is 0 Å². The van der Waals surface area contributed by atoms with E-state index < -0.39 is 23.8 Å². The molecule has 0 aliphatic carbocycles. The molecule has 0 bridgehead atoms. The second-order valence-electron chi connectivity index (χ2n) is 7.81. The van der Waals surface area contributed by atoms with Crippen molar-refractivity contribution in [2.75, 3.05) is 40.4 Å². The van der Waals surface area contributed by atoms with Gasteiger partial charge in [0.05, 0.1) is 13.2 Å². The molecule has 1 heterocycles. The molecule has 0 spiro atoms. The minimum absolute atomic E-state index is 0.276.